The van der Waals surface area contributed by atoms with Crippen LogP contribution in [-0.4, -0.2) is 44.9 Å². The Labute approximate surface area is 161 Å². The minimum Gasteiger partial charge on any atom is -0.454 e. The first-order valence-electron chi connectivity index (χ1n) is 8.37. The van der Waals surface area contributed by atoms with Gasteiger partial charge in [0.2, 0.25) is 10.0 Å². The Hall–Kier alpha value is -2.13. The first-order chi connectivity index (χ1) is 12.9. The van der Waals surface area contributed by atoms with E-state index in [4.69, 9.17) is 21.1 Å². The zero-order valence-electron chi connectivity index (χ0n) is 14.5. The number of amides is 1. The van der Waals surface area contributed by atoms with Crippen molar-refractivity contribution in [2.45, 2.75) is 11.8 Å². The lowest BCUT2D eigenvalue weighted by Crippen LogP contribution is -2.40. The van der Waals surface area contributed by atoms with Gasteiger partial charge in [-0.05, 0) is 30.7 Å². The maximum atomic E-state index is 13.1. The third kappa shape index (κ3) is 3.29. The minimum atomic E-state index is -3.70. The number of nitrogens with one attached hydrogen (secondary N) is 1. The second kappa shape index (κ2) is 6.79. The molecule has 0 aromatic heterocycles. The van der Waals surface area contributed by atoms with Gasteiger partial charge in [-0.15, -0.1) is 0 Å². The number of hydrogen-bond acceptors (Lipinski definition) is 5. The quantitative estimate of drug-likeness (QED) is 0.825. The molecule has 1 fully saturated rings. The van der Waals surface area contributed by atoms with E-state index in [-0.39, 0.29) is 22.3 Å². The monoisotopic (exact) mass is 408 g/mol. The molecule has 2 heterocycles. The van der Waals surface area contributed by atoms with E-state index in [0.717, 1.165) is 0 Å². The molecular formula is C18H17ClN2O5S. The van der Waals surface area contributed by atoms with E-state index in [2.05, 4.69) is 5.32 Å². The molecule has 1 N–H and O–H groups in total. The lowest BCUT2D eigenvalue weighted by Gasteiger charge is -2.27. The molecule has 0 atom stereocenters. The van der Waals surface area contributed by atoms with Gasteiger partial charge in [0, 0.05) is 30.2 Å². The molecule has 2 aromatic carbocycles. The lowest BCUT2D eigenvalue weighted by atomic mass is 10.2. The Bertz CT molecular complexity index is 1030. The van der Waals surface area contributed by atoms with Crippen LogP contribution in [-0.2, 0) is 14.8 Å². The van der Waals surface area contributed by atoms with Crippen molar-refractivity contribution in [3.8, 4) is 11.5 Å². The number of morpholine rings is 1. The number of benzene rings is 2. The van der Waals surface area contributed by atoms with Gasteiger partial charge < -0.3 is 14.8 Å². The smallest absolute Gasteiger partial charge is 0.259 e. The molecule has 0 bridgehead atoms. The summed E-state index contributed by atoms with van der Waals surface area (Å²) in [7, 11) is -3.70. The molecule has 1 saturated heterocycles. The molecule has 0 aliphatic carbocycles. The van der Waals surface area contributed by atoms with E-state index in [1.807, 2.05) is 0 Å². The van der Waals surface area contributed by atoms with Crippen molar-refractivity contribution in [1.29, 1.82) is 0 Å². The van der Waals surface area contributed by atoms with E-state index in [1.165, 1.54) is 16.4 Å². The van der Waals surface area contributed by atoms with Crippen LogP contribution in [0.3, 0.4) is 0 Å². The number of rotatable bonds is 2. The summed E-state index contributed by atoms with van der Waals surface area (Å²) in [5, 5.41) is 3.18. The second-order valence-electron chi connectivity index (χ2n) is 6.33. The minimum absolute atomic E-state index is 0.142. The molecule has 0 saturated carbocycles. The highest BCUT2D eigenvalue weighted by Gasteiger charge is 2.30. The number of hydrogen-bond donors (Lipinski definition) is 1. The molecule has 0 unspecified atom stereocenters. The zero-order chi connectivity index (χ0) is 19.2. The highest BCUT2D eigenvalue weighted by molar-refractivity contribution is 7.89. The first kappa shape index (κ1) is 18.2. The van der Waals surface area contributed by atoms with E-state index in [9.17, 15) is 13.2 Å². The molecule has 4 rings (SSSR count). The Morgan fingerprint density at radius 3 is 2.59 bits per heavy atom. The molecule has 27 heavy (non-hydrogen) atoms. The van der Waals surface area contributed by atoms with Crippen molar-refractivity contribution in [1.82, 2.24) is 4.31 Å². The van der Waals surface area contributed by atoms with Crippen molar-refractivity contribution >= 4 is 33.2 Å². The molecule has 9 heteroatoms. The molecule has 1 amide bonds. The van der Waals surface area contributed by atoms with Gasteiger partial charge in [0.25, 0.3) is 5.91 Å². The molecule has 7 nitrogen and oxygen atoms in total. The van der Waals surface area contributed by atoms with Gasteiger partial charge in [-0.3, -0.25) is 4.79 Å². The van der Waals surface area contributed by atoms with Gasteiger partial charge in [0.05, 0.1) is 29.4 Å². The molecule has 2 aliphatic rings. The van der Waals surface area contributed by atoms with Crippen molar-refractivity contribution in [2.24, 2.45) is 0 Å². The number of halogens is 1. The van der Waals surface area contributed by atoms with Gasteiger partial charge >= 0.3 is 0 Å². The van der Waals surface area contributed by atoms with Gasteiger partial charge in [-0.1, -0.05) is 11.6 Å². The van der Waals surface area contributed by atoms with Crippen LogP contribution in [0.1, 0.15) is 15.9 Å². The highest BCUT2D eigenvalue weighted by atomic mass is 35.5. The average Bonchev–Trinajstić information content (AvgIpc) is 2.76. The standard InChI is InChI=1S/C18H17ClN2O5S/c1-11-8-14-16(10-17(11)27(23,24)21-4-6-25-7-5-21)26-15-9-12(19)2-3-13(15)18(22)20-14/h2-3,8-10H,4-7H2,1H3,(H,20,22). The van der Waals surface area contributed by atoms with Crippen LogP contribution in [0.15, 0.2) is 35.2 Å². The Balaban J connectivity index is 1.80. The number of aryl methyl sites for hydroxylation is 1. The summed E-state index contributed by atoms with van der Waals surface area (Å²) in [6.07, 6.45) is 0. The van der Waals surface area contributed by atoms with Crippen molar-refractivity contribution < 1.29 is 22.7 Å². The molecule has 0 spiro atoms. The molecule has 0 radical (unpaired) electrons. The third-order valence-electron chi connectivity index (χ3n) is 4.52. The van der Waals surface area contributed by atoms with Crippen molar-refractivity contribution in [3.63, 3.8) is 0 Å². The normalized spacial score (nSPS) is 17.3. The first-order valence-corrected chi connectivity index (χ1v) is 10.2. The third-order valence-corrected chi connectivity index (χ3v) is 6.80. The van der Waals surface area contributed by atoms with E-state index in [1.54, 1.807) is 25.1 Å². The topological polar surface area (TPSA) is 84.9 Å². The number of carbonyl (C=O) groups excluding carboxylic acids is 1. The van der Waals surface area contributed by atoms with Crippen LogP contribution in [0.2, 0.25) is 5.02 Å². The summed E-state index contributed by atoms with van der Waals surface area (Å²) in [6.45, 7) is 3.02. The van der Waals surface area contributed by atoms with Crippen molar-refractivity contribution in [2.75, 3.05) is 31.6 Å². The number of carbonyl (C=O) groups is 1. The van der Waals surface area contributed by atoms with Gasteiger partial charge in [0.15, 0.2) is 5.75 Å². The number of sulfonamides is 1. The van der Waals surface area contributed by atoms with E-state index < -0.39 is 10.0 Å². The number of nitrogens with zero attached hydrogens (tertiary/aromatic N) is 1. The molecular weight excluding hydrogens is 392 g/mol. The Kier molecular flexibility index (Phi) is 4.59. The van der Waals surface area contributed by atoms with E-state index in [0.29, 0.717) is 48.1 Å². The van der Waals surface area contributed by atoms with Crippen LogP contribution in [0, 0.1) is 6.92 Å². The van der Waals surface area contributed by atoms with Crippen LogP contribution < -0.4 is 10.1 Å². The Morgan fingerprint density at radius 2 is 1.85 bits per heavy atom. The largest absolute Gasteiger partial charge is 0.454 e. The van der Waals surface area contributed by atoms with Crippen LogP contribution in [0.5, 0.6) is 11.5 Å². The number of fused-ring (bicyclic) bond motifs is 2. The fraction of sp³-hybridized carbons (Fsp3) is 0.278. The summed E-state index contributed by atoms with van der Waals surface area (Å²) < 4.78 is 38.6. The summed E-state index contributed by atoms with van der Waals surface area (Å²) in [5.41, 5.74) is 1.25. The van der Waals surface area contributed by atoms with Crippen LogP contribution in [0.4, 0.5) is 5.69 Å². The SMILES string of the molecule is Cc1cc2c(cc1S(=O)(=O)N1CCOCC1)Oc1cc(Cl)ccc1C(=O)N2. The summed E-state index contributed by atoms with van der Waals surface area (Å²) in [4.78, 5) is 12.6. The summed E-state index contributed by atoms with van der Waals surface area (Å²) >= 11 is 6.01. The predicted molar refractivity (Wildman–Crippen MR) is 100 cm³/mol. The van der Waals surface area contributed by atoms with Crippen LogP contribution in [0.25, 0.3) is 0 Å². The molecule has 2 aliphatic heterocycles. The van der Waals surface area contributed by atoms with Crippen molar-refractivity contribution in [3.05, 3.63) is 46.5 Å². The van der Waals surface area contributed by atoms with Gasteiger partial charge in [-0.25, -0.2) is 8.42 Å². The highest BCUT2D eigenvalue weighted by Crippen LogP contribution is 2.40. The average molecular weight is 409 g/mol. The van der Waals surface area contributed by atoms with Gasteiger partial charge in [0.1, 0.15) is 5.75 Å². The van der Waals surface area contributed by atoms with Crippen LogP contribution >= 0.6 is 11.6 Å². The fourth-order valence-corrected chi connectivity index (χ4v) is 4.92. The lowest BCUT2D eigenvalue weighted by molar-refractivity contribution is 0.0730. The Morgan fingerprint density at radius 1 is 1.11 bits per heavy atom. The molecule has 2 aromatic rings. The number of ether oxygens (including phenoxy) is 2. The second-order valence-corrected chi connectivity index (χ2v) is 8.67. The summed E-state index contributed by atoms with van der Waals surface area (Å²) in [6, 6.07) is 7.75. The maximum Gasteiger partial charge on any atom is 0.259 e. The predicted octanol–water partition coefficient (Wildman–Crippen LogP) is 3.03. The van der Waals surface area contributed by atoms with Gasteiger partial charge in [-0.2, -0.15) is 4.31 Å². The summed E-state index contributed by atoms with van der Waals surface area (Å²) in [5.74, 6) is 0.183. The molecule has 142 valence electrons. The zero-order valence-corrected chi connectivity index (χ0v) is 16.1. The maximum absolute atomic E-state index is 13.1. The number of anilines is 1. The van der Waals surface area contributed by atoms with E-state index >= 15 is 0 Å². The fourth-order valence-electron chi connectivity index (χ4n) is 3.13.